The van der Waals surface area contributed by atoms with Gasteiger partial charge < -0.3 is 14.5 Å². The maximum atomic E-state index is 13.1. The van der Waals surface area contributed by atoms with Crippen LogP contribution in [0.15, 0.2) is 42.9 Å². The molecule has 0 radical (unpaired) electrons. The number of amides is 2. The van der Waals surface area contributed by atoms with E-state index in [4.69, 9.17) is 4.74 Å². The third-order valence-electron chi connectivity index (χ3n) is 5.14. The highest BCUT2D eigenvalue weighted by atomic mass is 19.1. The second-order valence-corrected chi connectivity index (χ2v) is 7.10. The second-order valence-electron chi connectivity index (χ2n) is 7.10. The zero-order valence-corrected chi connectivity index (χ0v) is 15.3. The number of piperidine rings is 1. The van der Waals surface area contributed by atoms with Crippen molar-refractivity contribution in [2.45, 2.75) is 25.4 Å². The zero-order valence-electron chi connectivity index (χ0n) is 15.3. The topological polar surface area (TPSA) is 75.6 Å². The van der Waals surface area contributed by atoms with Crippen LogP contribution in [-0.2, 0) is 9.59 Å². The number of hydrogen-bond donors (Lipinski definition) is 0. The summed E-state index contributed by atoms with van der Waals surface area (Å²) in [5, 5.41) is 0. The molecule has 2 unspecified atom stereocenters. The van der Waals surface area contributed by atoms with Crippen molar-refractivity contribution in [3.63, 3.8) is 0 Å². The van der Waals surface area contributed by atoms with Gasteiger partial charge in [0.05, 0.1) is 12.5 Å². The molecular formula is C20H21FN4O3. The van der Waals surface area contributed by atoms with E-state index in [1.165, 1.54) is 18.5 Å². The number of carbonyl (C=O) groups excluding carboxylic acids is 2. The molecule has 2 atom stereocenters. The summed E-state index contributed by atoms with van der Waals surface area (Å²) in [5.74, 6) is -0.404. The number of nitrogens with zero attached hydrogens (tertiary/aromatic N) is 4. The first-order valence-electron chi connectivity index (χ1n) is 9.37. The molecule has 2 fully saturated rings. The van der Waals surface area contributed by atoms with Crippen LogP contribution in [-0.4, -0.2) is 52.4 Å². The number of aromatic nitrogens is 2. The Morgan fingerprint density at radius 2 is 2.00 bits per heavy atom. The molecule has 4 rings (SSSR count). The Kier molecular flexibility index (Phi) is 5.18. The molecule has 2 aliphatic heterocycles. The largest absolute Gasteiger partial charge is 0.472 e. The normalized spacial score (nSPS) is 22.4. The van der Waals surface area contributed by atoms with Gasteiger partial charge in [-0.2, -0.15) is 0 Å². The van der Waals surface area contributed by atoms with Crippen molar-refractivity contribution in [1.82, 2.24) is 14.9 Å². The van der Waals surface area contributed by atoms with Gasteiger partial charge in [0.1, 0.15) is 18.2 Å². The number of ether oxygens (including phenoxy) is 1. The Morgan fingerprint density at radius 3 is 2.75 bits per heavy atom. The number of rotatable bonds is 4. The second kappa shape index (κ2) is 7.92. The van der Waals surface area contributed by atoms with E-state index in [-0.39, 0.29) is 30.2 Å². The average Bonchev–Trinajstić information content (AvgIpc) is 3.10. The summed E-state index contributed by atoms with van der Waals surface area (Å²) in [7, 11) is 0. The predicted molar refractivity (Wildman–Crippen MR) is 99.1 cm³/mol. The molecular weight excluding hydrogens is 363 g/mol. The van der Waals surface area contributed by atoms with Gasteiger partial charge in [0, 0.05) is 37.5 Å². The van der Waals surface area contributed by atoms with Crippen molar-refractivity contribution in [1.29, 1.82) is 0 Å². The summed E-state index contributed by atoms with van der Waals surface area (Å²) in [6.45, 7) is 1.45. The summed E-state index contributed by atoms with van der Waals surface area (Å²) in [4.78, 5) is 36.6. The van der Waals surface area contributed by atoms with Gasteiger partial charge in [-0.05, 0) is 37.1 Å². The fraction of sp³-hybridized carbons (Fsp3) is 0.400. The summed E-state index contributed by atoms with van der Waals surface area (Å²) < 4.78 is 19.0. The molecule has 0 spiro atoms. The first-order chi connectivity index (χ1) is 13.6. The van der Waals surface area contributed by atoms with E-state index >= 15 is 0 Å². The summed E-state index contributed by atoms with van der Waals surface area (Å²) in [6.07, 6.45) is 4.77. The van der Waals surface area contributed by atoms with Crippen molar-refractivity contribution < 1.29 is 18.7 Å². The highest BCUT2D eigenvalue weighted by Gasteiger charge is 2.38. The molecule has 2 saturated heterocycles. The fourth-order valence-corrected chi connectivity index (χ4v) is 3.76. The Labute approximate surface area is 162 Å². The predicted octanol–water partition coefficient (Wildman–Crippen LogP) is 2.04. The van der Waals surface area contributed by atoms with Gasteiger partial charge >= 0.3 is 0 Å². The van der Waals surface area contributed by atoms with Crippen molar-refractivity contribution in [2.24, 2.45) is 5.92 Å². The van der Waals surface area contributed by atoms with Gasteiger partial charge in [-0.25, -0.2) is 14.4 Å². The lowest BCUT2D eigenvalue weighted by atomic mass is 10.0. The highest BCUT2D eigenvalue weighted by Crippen LogP contribution is 2.27. The van der Waals surface area contributed by atoms with Crippen molar-refractivity contribution >= 4 is 17.5 Å². The lowest BCUT2D eigenvalue weighted by Crippen LogP contribution is -2.47. The third-order valence-corrected chi connectivity index (χ3v) is 5.14. The lowest BCUT2D eigenvalue weighted by Gasteiger charge is -2.34. The highest BCUT2D eigenvalue weighted by molar-refractivity contribution is 6.00. The molecule has 8 heteroatoms. The van der Waals surface area contributed by atoms with Crippen LogP contribution in [0.4, 0.5) is 10.1 Å². The van der Waals surface area contributed by atoms with Gasteiger partial charge in [0.2, 0.25) is 17.7 Å². The number of benzene rings is 1. The van der Waals surface area contributed by atoms with E-state index in [1.54, 1.807) is 34.2 Å². The maximum Gasteiger partial charge on any atom is 0.228 e. The van der Waals surface area contributed by atoms with Crippen LogP contribution in [0.25, 0.3) is 0 Å². The van der Waals surface area contributed by atoms with Gasteiger partial charge in [-0.3, -0.25) is 9.59 Å². The van der Waals surface area contributed by atoms with Crippen molar-refractivity contribution in [2.75, 3.05) is 24.5 Å². The molecule has 2 aliphatic rings. The number of anilines is 1. The van der Waals surface area contributed by atoms with Gasteiger partial charge in [0.15, 0.2) is 0 Å². The molecule has 7 nitrogen and oxygen atoms in total. The Morgan fingerprint density at radius 1 is 1.18 bits per heavy atom. The van der Waals surface area contributed by atoms with Crippen LogP contribution in [0.2, 0.25) is 0 Å². The maximum absolute atomic E-state index is 13.1. The minimum atomic E-state index is -0.393. The van der Waals surface area contributed by atoms with Crippen LogP contribution in [0, 0.1) is 11.7 Å². The van der Waals surface area contributed by atoms with E-state index in [0.29, 0.717) is 31.2 Å². The molecule has 28 heavy (non-hydrogen) atoms. The molecule has 1 aromatic heterocycles. The van der Waals surface area contributed by atoms with Crippen molar-refractivity contribution in [3.05, 3.63) is 48.7 Å². The van der Waals surface area contributed by atoms with Gasteiger partial charge in [0.25, 0.3) is 0 Å². The van der Waals surface area contributed by atoms with E-state index in [1.807, 2.05) is 0 Å². The zero-order chi connectivity index (χ0) is 19.5. The van der Waals surface area contributed by atoms with E-state index in [9.17, 15) is 14.0 Å². The minimum absolute atomic E-state index is 0.0334. The Balaban J connectivity index is 1.38. The first kappa shape index (κ1) is 18.3. The van der Waals surface area contributed by atoms with Crippen LogP contribution in [0.5, 0.6) is 5.88 Å². The molecule has 0 N–H and O–H groups in total. The van der Waals surface area contributed by atoms with Crippen LogP contribution < -0.4 is 9.64 Å². The van der Waals surface area contributed by atoms with Crippen LogP contribution in [0.1, 0.15) is 19.3 Å². The van der Waals surface area contributed by atoms with Crippen molar-refractivity contribution in [3.8, 4) is 5.88 Å². The summed E-state index contributed by atoms with van der Waals surface area (Å²) >= 11 is 0. The van der Waals surface area contributed by atoms with Crippen LogP contribution in [0.3, 0.4) is 0 Å². The number of hydrogen-bond acceptors (Lipinski definition) is 5. The lowest BCUT2D eigenvalue weighted by molar-refractivity contribution is -0.138. The summed E-state index contributed by atoms with van der Waals surface area (Å²) in [6, 6.07) is 7.45. The molecule has 2 amide bonds. The standard InChI is InChI=1S/C20H21FN4O3/c21-15-3-5-16(6-4-15)25-11-14(10-19(25)26)20(27)24-9-1-2-17(12-24)28-18-7-8-22-13-23-18/h3-8,13-14,17H,1-2,9-12H2. The molecule has 2 aromatic rings. The fourth-order valence-electron chi connectivity index (χ4n) is 3.76. The molecule has 1 aromatic carbocycles. The molecule has 3 heterocycles. The Bertz CT molecular complexity index is 846. The third kappa shape index (κ3) is 3.95. The molecule has 0 saturated carbocycles. The van der Waals surface area contributed by atoms with E-state index in [0.717, 1.165) is 12.8 Å². The van der Waals surface area contributed by atoms with Gasteiger partial charge in [-0.15, -0.1) is 0 Å². The number of carbonyl (C=O) groups is 2. The number of halogens is 1. The van der Waals surface area contributed by atoms with Crippen LogP contribution >= 0.6 is 0 Å². The molecule has 0 bridgehead atoms. The Hall–Kier alpha value is -3.03. The SMILES string of the molecule is O=C(C1CC(=O)N(c2ccc(F)cc2)C1)N1CCCC(Oc2ccncn2)C1. The molecule has 146 valence electrons. The smallest absolute Gasteiger partial charge is 0.228 e. The van der Waals surface area contributed by atoms with Gasteiger partial charge in [-0.1, -0.05) is 0 Å². The van der Waals surface area contributed by atoms with E-state index in [2.05, 4.69) is 9.97 Å². The van der Waals surface area contributed by atoms with E-state index < -0.39 is 5.92 Å². The molecule has 0 aliphatic carbocycles. The average molecular weight is 384 g/mol. The minimum Gasteiger partial charge on any atom is -0.472 e. The first-order valence-corrected chi connectivity index (χ1v) is 9.37. The monoisotopic (exact) mass is 384 g/mol. The quantitative estimate of drug-likeness (QED) is 0.806. The number of likely N-dealkylation sites (tertiary alicyclic amines) is 1. The summed E-state index contributed by atoms with van der Waals surface area (Å²) in [5.41, 5.74) is 0.616.